The molecule has 0 aromatic heterocycles. The standard InChI is InChI=1S/C15H13FN2O3/c1-18(10-7-5-9(6-8-10)15(20)21)12-4-2-3-11(16)13(12)14(17)19/h2-8H,1H3,(H2,17,19)(H,20,21). The van der Waals surface area contributed by atoms with Crippen LogP contribution >= 0.6 is 0 Å². The maximum absolute atomic E-state index is 13.7. The van der Waals surface area contributed by atoms with Crippen LogP contribution in [0.5, 0.6) is 0 Å². The average molecular weight is 288 g/mol. The first-order chi connectivity index (χ1) is 9.91. The molecule has 0 saturated heterocycles. The van der Waals surface area contributed by atoms with E-state index in [9.17, 15) is 14.0 Å². The first-order valence-electron chi connectivity index (χ1n) is 6.07. The van der Waals surface area contributed by atoms with E-state index in [4.69, 9.17) is 10.8 Å². The molecule has 0 fully saturated rings. The van der Waals surface area contributed by atoms with E-state index in [0.717, 1.165) is 6.07 Å². The van der Waals surface area contributed by atoms with Gasteiger partial charge in [-0.25, -0.2) is 9.18 Å². The number of primary amides is 1. The predicted octanol–water partition coefficient (Wildman–Crippen LogP) is 2.39. The normalized spacial score (nSPS) is 10.2. The van der Waals surface area contributed by atoms with Crippen LogP contribution in [0.4, 0.5) is 15.8 Å². The molecule has 0 aliphatic heterocycles. The molecule has 2 aromatic rings. The minimum Gasteiger partial charge on any atom is -0.478 e. The molecule has 1 amide bonds. The van der Waals surface area contributed by atoms with E-state index >= 15 is 0 Å². The van der Waals surface area contributed by atoms with Crippen molar-refractivity contribution in [2.24, 2.45) is 5.73 Å². The number of hydrogen-bond acceptors (Lipinski definition) is 3. The zero-order valence-corrected chi connectivity index (χ0v) is 11.2. The Morgan fingerprint density at radius 3 is 2.29 bits per heavy atom. The second kappa shape index (κ2) is 5.62. The lowest BCUT2D eigenvalue weighted by Gasteiger charge is -2.22. The van der Waals surface area contributed by atoms with E-state index in [-0.39, 0.29) is 11.1 Å². The van der Waals surface area contributed by atoms with Gasteiger partial charge in [0.25, 0.3) is 5.91 Å². The van der Waals surface area contributed by atoms with Crippen LogP contribution in [0.15, 0.2) is 42.5 Å². The van der Waals surface area contributed by atoms with Crippen molar-refractivity contribution in [3.8, 4) is 0 Å². The van der Waals surface area contributed by atoms with Gasteiger partial charge in [0.15, 0.2) is 0 Å². The van der Waals surface area contributed by atoms with Gasteiger partial charge in [0, 0.05) is 12.7 Å². The second-order valence-electron chi connectivity index (χ2n) is 4.41. The van der Waals surface area contributed by atoms with Gasteiger partial charge >= 0.3 is 5.97 Å². The highest BCUT2D eigenvalue weighted by Crippen LogP contribution is 2.28. The Morgan fingerprint density at radius 1 is 1.14 bits per heavy atom. The Morgan fingerprint density at radius 2 is 1.76 bits per heavy atom. The van der Waals surface area contributed by atoms with Gasteiger partial charge in [0.2, 0.25) is 0 Å². The van der Waals surface area contributed by atoms with Crippen molar-refractivity contribution in [2.75, 3.05) is 11.9 Å². The largest absolute Gasteiger partial charge is 0.478 e. The van der Waals surface area contributed by atoms with E-state index in [1.807, 2.05) is 0 Å². The minimum absolute atomic E-state index is 0.140. The molecule has 0 radical (unpaired) electrons. The van der Waals surface area contributed by atoms with Gasteiger partial charge in [-0.3, -0.25) is 4.79 Å². The lowest BCUT2D eigenvalue weighted by Crippen LogP contribution is -2.20. The molecule has 2 aromatic carbocycles. The number of anilines is 2. The van der Waals surface area contributed by atoms with Crippen molar-refractivity contribution < 1.29 is 19.1 Å². The summed E-state index contributed by atoms with van der Waals surface area (Å²) in [4.78, 5) is 23.8. The third-order valence-electron chi connectivity index (χ3n) is 3.10. The first kappa shape index (κ1) is 14.5. The number of carbonyl (C=O) groups excluding carboxylic acids is 1. The predicted molar refractivity (Wildman–Crippen MR) is 76.4 cm³/mol. The zero-order chi connectivity index (χ0) is 15.6. The number of carbonyl (C=O) groups is 2. The number of carboxylic acids is 1. The smallest absolute Gasteiger partial charge is 0.335 e. The van der Waals surface area contributed by atoms with Crippen molar-refractivity contribution in [1.29, 1.82) is 0 Å². The molecule has 0 saturated carbocycles. The van der Waals surface area contributed by atoms with Gasteiger partial charge in [-0.15, -0.1) is 0 Å². The molecule has 21 heavy (non-hydrogen) atoms. The van der Waals surface area contributed by atoms with Gasteiger partial charge in [0.05, 0.1) is 16.8 Å². The lowest BCUT2D eigenvalue weighted by molar-refractivity contribution is 0.0696. The van der Waals surface area contributed by atoms with Crippen molar-refractivity contribution in [3.05, 3.63) is 59.4 Å². The number of aromatic carboxylic acids is 1. The Balaban J connectivity index is 2.45. The van der Waals surface area contributed by atoms with Crippen LogP contribution in [0, 0.1) is 5.82 Å². The third kappa shape index (κ3) is 2.84. The van der Waals surface area contributed by atoms with Crippen LogP contribution in [0.2, 0.25) is 0 Å². The maximum atomic E-state index is 13.7. The highest BCUT2D eigenvalue weighted by molar-refractivity contribution is 5.99. The molecule has 0 atom stereocenters. The topological polar surface area (TPSA) is 83.6 Å². The van der Waals surface area contributed by atoms with Gasteiger partial charge in [-0.05, 0) is 36.4 Å². The molecule has 0 heterocycles. The fourth-order valence-electron chi connectivity index (χ4n) is 2.00. The maximum Gasteiger partial charge on any atom is 0.335 e. The minimum atomic E-state index is -1.03. The van der Waals surface area contributed by atoms with Gasteiger partial charge in [0.1, 0.15) is 5.82 Å². The van der Waals surface area contributed by atoms with Crippen molar-refractivity contribution in [2.45, 2.75) is 0 Å². The summed E-state index contributed by atoms with van der Waals surface area (Å²) in [5.74, 6) is -2.60. The van der Waals surface area contributed by atoms with Crippen LogP contribution in [0.25, 0.3) is 0 Å². The summed E-state index contributed by atoms with van der Waals surface area (Å²) in [6.07, 6.45) is 0. The Kier molecular flexibility index (Phi) is 3.89. The van der Waals surface area contributed by atoms with Crippen LogP contribution < -0.4 is 10.6 Å². The molecule has 0 bridgehead atoms. The summed E-state index contributed by atoms with van der Waals surface area (Å²) in [7, 11) is 1.64. The van der Waals surface area contributed by atoms with Crippen molar-refractivity contribution in [3.63, 3.8) is 0 Å². The molecular weight excluding hydrogens is 275 g/mol. The van der Waals surface area contributed by atoms with E-state index in [0.29, 0.717) is 11.4 Å². The van der Waals surface area contributed by atoms with E-state index < -0.39 is 17.7 Å². The monoisotopic (exact) mass is 288 g/mol. The van der Waals surface area contributed by atoms with Crippen LogP contribution in [0.1, 0.15) is 20.7 Å². The fourth-order valence-corrected chi connectivity index (χ4v) is 2.00. The Hall–Kier alpha value is -2.89. The number of nitrogens with two attached hydrogens (primary N) is 1. The first-order valence-corrected chi connectivity index (χ1v) is 6.07. The summed E-state index contributed by atoms with van der Waals surface area (Å²) < 4.78 is 13.7. The summed E-state index contributed by atoms with van der Waals surface area (Å²) in [6.45, 7) is 0. The van der Waals surface area contributed by atoms with Crippen LogP contribution in [0.3, 0.4) is 0 Å². The van der Waals surface area contributed by atoms with E-state index in [1.165, 1.54) is 18.2 Å². The quantitative estimate of drug-likeness (QED) is 0.904. The molecule has 0 aliphatic rings. The lowest BCUT2D eigenvalue weighted by atomic mass is 10.1. The fraction of sp³-hybridized carbons (Fsp3) is 0.0667. The third-order valence-corrected chi connectivity index (χ3v) is 3.10. The van der Waals surface area contributed by atoms with Crippen LogP contribution in [-0.4, -0.2) is 24.0 Å². The number of carboxylic acid groups (broad SMARTS) is 1. The Labute approximate surface area is 120 Å². The van der Waals surface area contributed by atoms with Crippen molar-refractivity contribution in [1.82, 2.24) is 0 Å². The number of halogens is 1. The molecule has 108 valence electrons. The Bertz CT molecular complexity index is 699. The molecule has 0 unspecified atom stereocenters. The SMILES string of the molecule is CN(c1ccc(C(=O)O)cc1)c1cccc(F)c1C(N)=O. The summed E-state index contributed by atoms with van der Waals surface area (Å²) in [5.41, 5.74) is 6.06. The van der Waals surface area contributed by atoms with E-state index in [2.05, 4.69) is 0 Å². The molecule has 5 nitrogen and oxygen atoms in total. The summed E-state index contributed by atoms with van der Waals surface area (Å²) >= 11 is 0. The number of nitrogens with zero attached hydrogens (tertiary/aromatic N) is 1. The average Bonchev–Trinajstić information content (AvgIpc) is 2.46. The number of benzene rings is 2. The zero-order valence-electron chi connectivity index (χ0n) is 11.2. The number of amides is 1. The number of rotatable bonds is 4. The summed E-state index contributed by atoms with van der Waals surface area (Å²) in [6, 6.07) is 10.2. The molecular formula is C15H13FN2O3. The van der Waals surface area contributed by atoms with E-state index in [1.54, 1.807) is 30.1 Å². The number of hydrogen-bond donors (Lipinski definition) is 2. The summed E-state index contributed by atoms with van der Waals surface area (Å²) in [5, 5.41) is 8.86. The van der Waals surface area contributed by atoms with Crippen molar-refractivity contribution >= 4 is 23.3 Å². The van der Waals surface area contributed by atoms with Gasteiger partial charge < -0.3 is 15.7 Å². The van der Waals surface area contributed by atoms with Gasteiger partial charge in [-0.2, -0.15) is 0 Å². The molecule has 0 spiro atoms. The molecule has 0 aliphatic carbocycles. The van der Waals surface area contributed by atoms with Gasteiger partial charge in [-0.1, -0.05) is 6.07 Å². The highest BCUT2D eigenvalue weighted by Gasteiger charge is 2.17. The highest BCUT2D eigenvalue weighted by atomic mass is 19.1. The second-order valence-corrected chi connectivity index (χ2v) is 4.41. The molecule has 3 N–H and O–H groups in total. The van der Waals surface area contributed by atoms with Crippen LogP contribution in [-0.2, 0) is 0 Å². The molecule has 2 rings (SSSR count). The molecule has 6 heteroatoms.